The summed E-state index contributed by atoms with van der Waals surface area (Å²) in [6, 6.07) is 0. The van der Waals surface area contributed by atoms with Crippen molar-refractivity contribution in [3.05, 3.63) is 16.7 Å². The highest BCUT2D eigenvalue weighted by Gasteiger charge is 2.23. The molecule has 4 nitrogen and oxygen atoms in total. The highest BCUT2D eigenvalue weighted by atomic mass is 35.5. The summed E-state index contributed by atoms with van der Waals surface area (Å²) in [5.74, 6) is 0.913. The Labute approximate surface area is 93.9 Å². The van der Waals surface area contributed by atoms with Gasteiger partial charge in [-0.3, -0.25) is 0 Å². The first-order valence-corrected chi connectivity index (χ1v) is 5.66. The number of halogens is 1. The van der Waals surface area contributed by atoms with E-state index in [4.69, 9.17) is 21.1 Å². The van der Waals surface area contributed by atoms with Crippen LogP contribution in [0.3, 0.4) is 0 Å². The van der Waals surface area contributed by atoms with Gasteiger partial charge in [0.25, 0.3) is 0 Å². The van der Waals surface area contributed by atoms with E-state index in [0.29, 0.717) is 18.4 Å². The smallest absolute Gasteiger partial charge is 0.202 e. The minimum absolute atomic E-state index is 0.361. The Morgan fingerprint density at radius 1 is 1.47 bits per heavy atom. The molecule has 1 fully saturated rings. The molecule has 0 amide bonds. The van der Waals surface area contributed by atoms with Crippen LogP contribution in [0.2, 0.25) is 5.15 Å². The summed E-state index contributed by atoms with van der Waals surface area (Å²) in [5, 5.41) is 0.466. The number of hydrogen-bond acceptors (Lipinski definition) is 3. The molecule has 0 aromatic carbocycles. The summed E-state index contributed by atoms with van der Waals surface area (Å²) in [6.45, 7) is 3.38. The second kappa shape index (κ2) is 4.96. The van der Waals surface area contributed by atoms with E-state index in [-0.39, 0.29) is 6.29 Å². The van der Waals surface area contributed by atoms with Crippen LogP contribution >= 0.6 is 11.6 Å². The highest BCUT2D eigenvalue weighted by Crippen LogP contribution is 2.27. The minimum Gasteiger partial charge on any atom is -0.345 e. The van der Waals surface area contributed by atoms with Crippen LogP contribution in [0, 0.1) is 0 Å². The zero-order valence-electron chi connectivity index (χ0n) is 8.75. The van der Waals surface area contributed by atoms with Gasteiger partial charge in [0.05, 0.1) is 13.2 Å². The number of imidazole rings is 1. The largest absolute Gasteiger partial charge is 0.345 e. The summed E-state index contributed by atoms with van der Waals surface area (Å²) in [6.07, 6.45) is 2.81. The predicted molar refractivity (Wildman–Crippen MR) is 56.9 cm³/mol. The molecule has 1 N–H and O–H groups in total. The van der Waals surface area contributed by atoms with E-state index in [1.807, 2.05) is 0 Å². The van der Waals surface area contributed by atoms with Crippen molar-refractivity contribution in [1.29, 1.82) is 0 Å². The molecule has 0 atom stereocenters. The van der Waals surface area contributed by atoms with Crippen molar-refractivity contribution in [3.63, 3.8) is 0 Å². The van der Waals surface area contributed by atoms with E-state index in [1.165, 1.54) is 0 Å². The average molecular weight is 231 g/mol. The van der Waals surface area contributed by atoms with Gasteiger partial charge < -0.3 is 14.5 Å². The molecule has 1 aliphatic heterocycles. The number of unbranched alkanes of at least 4 members (excludes halogenated alkanes) is 1. The third-order valence-electron chi connectivity index (χ3n) is 2.36. The van der Waals surface area contributed by atoms with Crippen molar-refractivity contribution in [1.82, 2.24) is 9.97 Å². The van der Waals surface area contributed by atoms with Crippen LogP contribution in [0.5, 0.6) is 0 Å². The number of rotatable bonds is 4. The molecule has 0 radical (unpaired) electrons. The fraction of sp³-hybridized carbons (Fsp3) is 0.700. The zero-order chi connectivity index (χ0) is 10.7. The lowest BCUT2D eigenvalue weighted by atomic mass is 10.2. The predicted octanol–water partition coefficient (Wildman–Crippen LogP) is 2.45. The summed E-state index contributed by atoms with van der Waals surface area (Å²) >= 11 is 6.00. The van der Waals surface area contributed by atoms with E-state index >= 15 is 0 Å². The van der Waals surface area contributed by atoms with E-state index in [1.54, 1.807) is 0 Å². The molecule has 0 unspecified atom stereocenters. The highest BCUT2D eigenvalue weighted by molar-refractivity contribution is 6.30. The van der Waals surface area contributed by atoms with Crippen LogP contribution in [-0.2, 0) is 15.9 Å². The molecule has 15 heavy (non-hydrogen) atoms. The monoisotopic (exact) mass is 230 g/mol. The van der Waals surface area contributed by atoms with Gasteiger partial charge in [-0.05, 0) is 6.42 Å². The molecule has 84 valence electrons. The summed E-state index contributed by atoms with van der Waals surface area (Å²) in [5.41, 5.74) is 0.750. The average Bonchev–Trinajstić information content (AvgIpc) is 2.83. The van der Waals surface area contributed by atoms with Crippen LogP contribution in [0.25, 0.3) is 0 Å². The van der Waals surface area contributed by atoms with Crippen LogP contribution in [-0.4, -0.2) is 23.2 Å². The minimum atomic E-state index is -0.361. The normalized spacial score (nSPS) is 17.5. The van der Waals surface area contributed by atoms with Gasteiger partial charge in [0.2, 0.25) is 6.29 Å². The van der Waals surface area contributed by atoms with Gasteiger partial charge in [-0.25, -0.2) is 4.98 Å². The molecule has 0 saturated carbocycles. The molecule has 1 saturated heterocycles. The second-order valence-corrected chi connectivity index (χ2v) is 3.92. The van der Waals surface area contributed by atoms with E-state index in [0.717, 1.165) is 30.8 Å². The standard InChI is InChI=1S/C10H15ClN2O2/c1-2-3-4-7-12-8(9(11)13-7)10-14-5-6-15-10/h10H,2-6H2,1H3,(H,12,13). The van der Waals surface area contributed by atoms with Gasteiger partial charge in [0.1, 0.15) is 11.5 Å². The molecule has 2 rings (SSSR count). The van der Waals surface area contributed by atoms with Gasteiger partial charge in [-0.1, -0.05) is 24.9 Å². The number of H-pyrrole nitrogens is 1. The first-order valence-electron chi connectivity index (χ1n) is 5.28. The molecule has 1 aromatic rings. The molecular weight excluding hydrogens is 216 g/mol. The van der Waals surface area contributed by atoms with Crippen molar-refractivity contribution in [2.24, 2.45) is 0 Å². The first-order chi connectivity index (χ1) is 7.31. The van der Waals surface area contributed by atoms with Crippen molar-refractivity contribution < 1.29 is 9.47 Å². The molecule has 1 aliphatic rings. The lowest BCUT2D eigenvalue weighted by Gasteiger charge is -2.05. The van der Waals surface area contributed by atoms with Crippen LogP contribution in [0.15, 0.2) is 0 Å². The molecular formula is C10H15ClN2O2. The van der Waals surface area contributed by atoms with Crippen LogP contribution in [0.1, 0.15) is 37.6 Å². The second-order valence-electron chi connectivity index (χ2n) is 3.57. The number of hydrogen-bond donors (Lipinski definition) is 1. The quantitative estimate of drug-likeness (QED) is 0.864. The SMILES string of the molecule is CCCCc1nc(Cl)c(C2OCCO2)[nH]1. The molecule has 0 spiro atoms. The van der Waals surface area contributed by atoms with Crippen LogP contribution in [0.4, 0.5) is 0 Å². The zero-order valence-corrected chi connectivity index (χ0v) is 9.51. The Bertz CT molecular complexity index is 321. The van der Waals surface area contributed by atoms with Gasteiger partial charge in [-0.2, -0.15) is 0 Å². The van der Waals surface area contributed by atoms with Gasteiger partial charge in [0, 0.05) is 6.42 Å². The molecule has 5 heteroatoms. The molecule has 2 heterocycles. The Morgan fingerprint density at radius 3 is 2.87 bits per heavy atom. The number of aromatic nitrogens is 2. The lowest BCUT2D eigenvalue weighted by molar-refractivity contribution is -0.0469. The maximum atomic E-state index is 6.00. The first kappa shape index (κ1) is 10.9. The number of nitrogens with zero attached hydrogens (tertiary/aromatic N) is 1. The Hall–Kier alpha value is -0.580. The van der Waals surface area contributed by atoms with Gasteiger partial charge in [0.15, 0.2) is 5.15 Å². The third kappa shape index (κ3) is 2.51. The molecule has 0 aliphatic carbocycles. The fourth-order valence-electron chi connectivity index (χ4n) is 1.56. The number of aryl methyl sites for hydroxylation is 1. The van der Waals surface area contributed by atoms with Crippen molar-refractivity contribution in [3.8, 4) is 0 Å². The third-order valence-corrected chi connectivity index (χ3v) is 2.65. The maximum Gasteiger partial charge on any atom is 0.202 e. The number of ether oxygens (including phenoxy) is 2. The van der Waals surface area contributed by atoms with Crippen molar-refractivity contribution in [2.45, 2.75) is 32.5 Å². The maximum absolute atomic E-state index is 6.00. The Kier molecular flexibility index (Phi) is 3.61. The van der Waals surface area contributed by atoms with Crippen molar-refractivity contribution >= 4 is 11.6 Å². The Balaban J connectivity index is 2.06. The molecule has 0 bridgehead atoms. The number of aromatic amines is 1. The van der Waals surface area contributed by atoms with Gasteiger partial charge >= 0.3 is 0 Å². The lowest BCUT2D eigenvalue weighted by Crippen LogP contribution is -1.99. The van der Waals surface area contributed by atoms with Crippen molar-refractivity contribution in [2.75, 3.05) is 13.2 Å². The number of nitrogens with one attached hydrogen (secondary N) is 1. The van der Waals surface area contributed by atoms with E-state index < -0.39 is 0 Å². The Morgan fingerprint density at radius 2 is 2.20 bits per heavy atom. The van der Waals surface area contributed by atoms with E-state index in [9.17, 15) is 0 Å². The van der Waals surface area contributed by atoms with E-state index in [2.05, 4.69) is 16.9 Å². The summed E-state index contributed by atoms with van der Waals surface area (Å²) < 4.78 is 10.7. The van der Waals surface area contributed by atoms with Crippen LogP contribution < -0.4 is 0 Å². The topological polar surface area (TPSA) is 47.1 Å². The van der Waals surface area contributed by atoms with Gasteiger partial charge in [-0.15, -0.1) is 0 Å². The summed E-state index contributed by atoms with van der Waals surface area (Å²) in [4.78, 5) is 7.41. The molecule has 1 aromatic heterocycles. The summed E-state index contributed by atoms with van der Waals surface area (Å²) in [7, 11) is 0. The fourth-order valence-corrected chi connectivity index (χ4v) is 1.80.